The van der Waals surface area contributed by atoms with Crippen LogP contribution in [-0.4, -0.2) is 35.0 Å². The zero-order valence-electron chi connectivity index (χ0n) is 18.7. The largest absolute Gasteiger partial charge is 0.381 e. The van der Waals surface area contributed by atoms with Gasteiger partial charge >= 0.3 is 6.03 Å². The molecule has 0 bridgehead atoms. The number of imide groups is 1. The highest BCUT2D eigenvalue weighted by Gasteiger charge is 2.68. The number of carbonyl (C=O) groups excluding carboxylic acids is 2. The number of aromatic nitrogens is 1. The van der Waals surface area contributed by atoms with E-state index in [0.29, 0.717) is 5.92 Å². The molecule has 1 unspecified atom stereocenters. The third kappa shape index (κ3) is 3.23. The minimum Gasteiger partial charge on any atom is -0.381 e. The molecule has 2 aromatic rings. The molecule has 170 valence electrons. The van der Waals surface area contributed by atoms with E-state index in [1.54, 1.807) is 13.3 Å². The summed E-state index contributed by atoms with van der Waals surface area (Å²) in [7, 11) is 1.75. The molecule has 2 heterocycles. The van der Waals surface area contributed by atoms with Gasteiger partial charge in [0.15, 0.2) is 5.54 Å². The molecule has 1 aromatic carbocycles. The Morgan fingerprint density at radius 3 is 2.76 bits per heavy atom. The van der Waals surface area contributed by atoms with Crippen LogP contribution in [0.5, 0.6) is 0 Å². The van der Waals surface area contributed by atoms with Gasteiger partial charge in [-0.05, 0) is 68.2 Å². The molecule has 2 spiro atoms. The fourth-order valence-electron chi connectivity index (χ4n) is 6.01. The molecule has 1 saturated heterocycles. The summed E-state index contributed by atoms with van der Waals surface area (Å²) in [5.41, 5.74) is 1.60. The number of carbonyl (C=O) groups is 2. The number of fused-ring (bicyclic) bond motifs is 3. The molecule has 7 heteroatoms. The summed E-state index contributed by atoms with van der Waals surface area (Å²) in [5.74, 6) is 6.99. The standard InChI is InChI=1S/C26H27N3O3S/c1-32-20-8-10-25(11-9-20)15-19-7-6-18(5-4-17-2-3-17)14-21(19)26(25)23(30)29(24(31)28-26)16-22-27-12-13-33-22/h6-7,12-14,17,20H,2-3,8-11,15-16H2,1H3,(H,28,31). The predicted octanol–water partition coefficient (Wildman–Crippen LogP) is 3.98. The number of rotatable bonds is 3. The van der Waals surface area contributed by atoms with Gasteiger partial charge in [0.2, 0.25) is 0 Å². The molecule has 6 nitrogen and oxygen atoms in total. The van der Waals surface area contributed by atoms with Crippen molar-refractivity contribution >= 4 is 23.3 Å². The Bertz CT molecular complexity index is 1170. The highest BCUT2D eigenvalue weighted by Crippen LogP contribution is 2.60. The first-order valence-electron chi connectivity index (χ1n) is 11.7. The highest BCUT2D eigenvalue weighted by atomic mass is 32.1. The first kappa shape index (κ1) is 20.9. The number of benzene rings is 1. The maximum absolute atomic E-state index is 14.2. The minimum absolute atomic E-state index is 0.149. The molecule has 1 N–H and O–H groups in total. The quantitative estimate of drug-likeness (QED) is 0.554. The van der Waals surface area contributed by atoms with Crippen LogP contribution in [0.4, 0.5) is 4.79 Å². The van der Waals surface area contributed by atoms with E-state index >= 15 is 0 Å². The topological polar surface area (TPSA) is 71.5 Å². The van der Waals surface area contributed by atoms with Gasteiger partial charge in [-0.2, -0.15) is 0 Å². The number of hydrogen-bond donors (Lipinski definition) is 1. The van der Waals surface area contributed by atoms with Gasteiger partial charge in [0, 0.05) is 35.6 Å². The molecule has 33 heavy (non-hydrogen) atoms. The van der Waals surface area contributed by atoms with Crippen molar-refractivity contribution < 1.29 is 14.3 Å². The van der Waals surface area contributed by atoms with Gasteiger partial charge in [-0.25, -0.2) is 9.78 Å². The van der Waals surface area contributed by atoms with Crippen LogP contribution < -0.4 is 5.32 Å². The summed E-state index contributed by atoms with van der Waals surface area (Å²) in [6.45, 7) is 0.206. The smallest absolute Gasteiger partial charge is 0.325 e. The second kappa shape index (κ2) is 7.68. The molecular formula is C26H27N3O3S. The van der Waals surface area contributed by atoms with Gasteiger partial charge in [-0.15, -0.1) is 11.3 Å². The van der Waals surface area contributed by atoms with Gasteiger partial charge < -0.3 is 10.1 Å². The second-order valence-corrected chi connectivity index (χ2v) is 10.8. The lowest BCUT2D eigenvalue weighted by Gasteiger charge is -2.46. The third-order valence-electron chi connectivity index (χ3n) is 7.94. The van der Waals surface area contributed by atoms with E-state index in [1.165, 1.54) is 29.1 Å². The van der Waals surface area contributed by atoms with E-state index < -0.39 is 5.54 Å². The summed E-state index contributed by atoms with van der Waals surface area (Å²) < 4.78 is 5.63. The van der Waals surface area contributed by atoms with Crippen LogP contribution in [0.25, 0.3) is 0 Å². The molecule has 2 saturated carbocycles. The van der Waals surface area contributed by atoms with Gasteiger partial charge in [0.25, 0.3) is 5.91 Å². The summed E-state index contributed by atoms with van der Waals surface area (Å²) in [6.07, 6.45) is 8.48. The van der Waals surface area contributed by atoms with Crippen molar-refractivity contribution in [2.75, 3.05) is 7.11 Å². The van der Waals surface area contributed by atoms with Crippen molar-refractivity contribution in [3.05, 3.63) is 51.5 Å². The normalized spacial score (nSPS) is 30.5. The highest BCUT2D eigenvalue weighted by molar-refractivity contribution is 7.09. The zero-order chi connectivity index (χ0) is 22.6. The SMILES string of the molecule is COC1CCC2(CC1)Cc1ccc(C#CC3CC3)cc1C21NC(=O)N(Cc2nccs2)C1=O. The Kier molecular flexibility index (Phi) is 4.86. The molecule has 4 aliphatic rings. The van der Waals surface area contributed by atoms with E-state index in [0.717, 1.165) is 53.8 Å². The summed E-state index contributed by atoms with van der Waals surface area (Å²) >= 11 is 1.46. The Hall–Kier alpha value is -2.69. The fourth-order valence-corrected chi connectivity index (χ4v) is 6.62. The van der Waals surface area contributed by atoms with Crippen LogP contribution in [-0.2, 0) is 28.0 Å². The van der Waals surface area contributed by atoms with E-state index in [-0.39, 0.29) is 30.0 Å². The van der Waals surface area contributed by atoms with Gasteiger partial charge in [0.05, 0.1) is 12.6 Å². The minimum atomic E-state index is -1.05. The van der Waals surface area contributed by atoms with Gasteiger partial charge in [0.1, 0.15) is 5.01 Å². The monoisotopic (exact) mass is 461 g/mol. The summed E-state index contributed by atoms with van der Waals surface area (Å²) in [6, 6.07) is 5.92. The average molecular weight is 462 g/mol. The number of nitrogens with zero attached hydrogens (tertiary/aromatic N) is 2. The van der Waals surface area contributed by atoms with E-state index in [1.807, 2.05) is 5.38 Å². The molecule has 3 aliphatic carbocycles. The number of amides is 3. The predicted molar refractivity (Wildman–Crippen MR) is 124 cm³/mol. The first-order valence-corrected chi connectivity index (χ1v) is 12.6. The number of methoxy groups -OCH3 is 1. The van der Waals surface area contributed by atoms with Crippen LogP contribution in [0, 0.1) is 23.2 Å². The van der Waals surface area contributed by atoms with Crippen molar-refractivity contribution in [3.63, 3.8) is 0 Å². The van der Waals surface area contributed by atoms with Crippen molar-refractivity contribution in [1.29, 1.82) is 0 Å². The van der Waals surface area contributed by atoms with Crippen LogP contribution in [0.3, 0.4) is 0 Å². The van der Waals surface area contributed by atoms with Crippen LogP contribution in [0.1, 0.15) is 60.2 Å². The summed E-state index contributed by atoms with van der Waals surface area (Å²) in [5, 5.41) is 5.85. The number of hydrogen-bond acceptors (Lipinski definition) is 5. The Morgan fingerprint density at radius 2 is 2.06 bits per heavy atom. The summed E-state index contributed by atoms with van der Waals surface area (Å²) in [4.78, 5) is 33.1. The molecule has 1 aromatic heterocycles. The maximum atomic E-state index is 14.2. The first-order chi connectivity index (χ1) is 16.0. The van der Waals surface area contributed by atoms with Crippen molar-refractivity contribution in [2.24, 2.45) is 11.3 Å². The van der Waals surface area contributed by atoms with Crippen LogP contribution in [0.15, 0.2) is 29.8 Å². The van der Waals surface area contributed by atoms with Crippen molar-refractivity contribution in [1.82, 2.24) is 15.2 Å². The average Bonchev–Trinajstić information content (AvgIpc) is 3.36. The third-order valence-corrected chi connectivity index (χ3v) is 8.71. The lowest BCUT2D eigenvalue weighted by molar-refractivity contribution is -0.139. The Labute approximate surface area is 197 Å². The Morgan fingerprint density at radius 1 is 1.24 bits per heavy atom. The van der Waals surface area contributed by atoms with E-state index in [9.17, 15) is 9.59 Å². The van der Waals surface area contributed by atoms with Gasteiger partial charge in [-0.1, -0.05) is 17.9 Å². The molecular weight excluding hydrogens is 434 g/mol. The van der Waals surface area contributed by atoms with E-state index in [2.05, 4.69) is 40.3 Å². The van der Waals surface area contributed by atoms with Crippen LogP contribution in [0.2, 0.25) is 0 Å². The molecule has 1 aliphatic heterocycles. The molecule has 6 rings (SSSR count). The lowest BCUT2D eigenvalue weighted by atomic mass is 9.61. The number of urea groups is 1. The lowest BCUT2D eigenvalue weighted by Crippen LogP contribution is -2.56. The van der Waals surface area contributed by atoms with E-state index in [4.69, 9.17) is 4.74 Å². The number of thiazole rings is 1. The maximum Gasteiger partial charge on any atom is 0.325 e. The fraction of sp³-hybridized carbons (Fsp3) is 0.500. The molecule has 3 amide bonds. The van der Waals surface area contributed by atoms with Crippen LogP contribution >= 0.6 is 11.3 Å². The number of ether oxygens (including phenoxy) is 1. The number of nitrogens with one attached hydrogen (secondary N) is 1. The Balaban J connectivity index is 1.44. The van der Waals surface area contributed by atoms with Gasteiger partial charge in [-0.3, -0.25) is 9.69 Å². The second-order valence-electron chi connectivity index (χ2n) is 9.80. The zero-order valence-corrected chi connectivity index (χ0v) is 19.5. The molecule has 0 radical (unpaired) electrons. The molecule has 1 atom stereocenters. The van der Waals surface area contributed by atoms with Crippen molar-refractivity contribution in [2.45, 2.75) is 63.1 Å². The van der Waals surface area contributed by atoms with Crippen molar-refractivity contribution in [3.8, 4) is 11.8 Å². The molecule has 3 fully saturated rings.